The number of carbonyl (C=O) groups excluding carboxylic acids is 2. The Balaban J connectivity index is 2.10. The van der Waals surface area contributed by atoms with Crippen LogP contribution in [-0.2, 0) is 10.7 Å². The van der Waals surface area contributed by atoms with Gasteiger partial charge in [0.25, 0.3) is 5.91 Å². The van der Waals surface area contributed by atoms with E-state index in [0.29, 0.717) is 24.5 Å². The van der Waals surface area contributed by atoms with Gasteiger partial charge in [-0.05, 0) is 17.7 Å². The van der Waals surface area contributed by atoms with Gasteiger partial charge in [-0.2, -0.15) is 0 Å². The number of amides is 2. The lowest BCUT2D eigenvalue weighted by Crippen LogP contribution is -2.49. The summed E-state index contributed by atoms with van der Waals surface area (Å²) in [6, 6.07) is 7.13. The lowest BCUT2D eigenvalue weighted by molar-refractivity contribution is -0.123. The van der Waals surface area contributed by atoms with E-state index < -0.39 is 0 Å². The van der Waals surface area contributed by atoms with E-state index in [1.165, 1.54) is 0 Å². The first-order valence-corrected chi connectivity index (χ1v) is 5.95. The standard InChI is InChI=1S/C12H13ClN2O2/c13-7-9-1-3-10(4-2-9)12(17)15-6-5-14-11(16)8-15/h1-4H,5-8H2,(H,14,16). The molecular weight excluding hydrogens is 240 g/mol. The number of hydrogen-bond donors (Lipinski definition) is 1. The lowest BCUT2D eigenvalue weighted by atomic mass is 10.1. The highest BCUT2D eigenvalue weighted by atomic mass is 35.5. The molecule has 1 N–H and O–H groups in total. The number of alkyl halides is 1. The SMILES string of the molecule is O=C1CN(C(=O)c2ccc(CCl)cc2)CCN1. The molecule has 1 aromatic rings. The zero-order chi connectivity index (χ0) is 12.3. The molecule has 1 saturated heterocycles. The van der Waals surface area contributed by atoms with E-state index in [4.69, 9.17) is 11.6 Å². The Morgan fingerprint density at radius 1 is 1.35 bits per heavy atom. The summed E-state index contributed by atoms with van der Waals surface area (Å²) in [5, 5.41) is 2.69. The maximum Gasteiger partial charge on any atom is 0.254 e. The van der Waals surface area contributed by atoms with Crippen molar-refractivity contribution in [3.63, 3.8) is 0 Å². The van der Waals surface area contributed by atoms with Crippen molar-refractivity contribution in [3.05, 3.63) is 35.4 Å². The van der Waals surface area contributed by atoms with Crippen LogP contribution in [0.4, 0.5) is 0 Å². The smallest absolute Gasteiger partial charge is 0.254 e. The molecule has 0 aromatic heterocycles. The zero-order valence-electron chi connectivity index (χ0n) is 9.28. The molecule has 0 atom stereocenters. The van der Waals surface area contributed by atoms with Gasteiger partial charge in [0, 0.05) is 24.5 Å². The second-order valence-corrected chi connectivity index (χ2v) is 4.17. The van der Waals surface area contributed by atoms with Crippen molar-refractivity contribution >= 4 is 23.4 Å². The van der Waals surface area contributed by atoms with E-state index >= 15 is 0 Å². The summed E-state index contributed by atoms with van der Waals surface area (Å²) in [5.41, 5.74) is 1.56. The minimum absolute atomic E-state index is 0.109. The van der Waals surface area contributed by atoms with Crippen molar-refractivity contribution < 1.29 is 9.59 Å². The Morgan fingerprint density at radius 3 is 2.65 bits per heavy atom. The summed E-state index contributed by atoms with van der Waals surface area (Å²) in [7, 11) is 0. The largest absolute Gasteiger partial charge is 0.353 e. The highest BCUT2D eigenvalue weighted by Crippen LogP contribution is 2.10. The van der Waals surface area contributed by atoms with Gasteiger partial charge >= 0.3 is 0 Å². The Bertz CT molecular complexity index is 431. The Labute approximate surface area is 105 Å². The van der Waals surface area contributed by atoms with Crippen LogP contribution in [0.25, 0.3) is 0 Å². The van der Waals surface area contributed by atoms with Gasteiger partial charge in [-0.25, -0.2) is 0 Å². The van der Waals surface area contributed by atoms with Crippen LogP contribution in [0.5, 0.6) is 0 Å². The van der Waals surface area contributed by atoms with Crippen LogP contribution in [0.15, 0.2) is 24.3 Å². The Morgan fingerprint density at radius 2 is 2.06 bits per heavy atom. The number of halogens is 1. The molecule has 0 unspecified atom stereocenters. The summed E-state index contributed by atoms with van der Waals surface area (Å²) < 4.78 is 0. The molecule has 1 aromatic carbocycles. The molecule has 2 rings (SSSR count). The van der Waals surface area contributed by atoms with E-state index in [1.807, 2.05) is 12.1 Å². The maximum atomic E-state index is 12.1. The summed E-state index contributed by atoms with van der Waals surface area (Å²) in [6.07, 6.45) is 0. The predicted octanol–water partition coefficient (Wildman–Crippen LogP) is 0.997. The third-order valence-corrected chi connectivity index (χ3v) is 2.99. The summed E-state index contributed by atoms with van der Waals surface area (Å²) in [5.74, 6) is 0.212. The van der Waals surface area contributed by atoms with Gasteiger partial charge in [0.15, 0.2) is 0 Å². The molecular formula is C12H13ClN2O2. The molecule has 0 bridgehead atoms. The number of nitrogens with zero attached hydrogens (tertiary/aromatic N) is 1. The molecule has 1 aliphatic heterocycles. The number of piperazine rings is 1. The van der Waals surface area contributed by atoms with Crippen molar-refractivity contribution in [1.82, 2.24) is 10.2 Å². The molecule has 0 aliphatic carbocycles. The van der Waals surface area contributed by atoms with Crippen molar-refractivity contribution in [2.75, 3.05) is 19.6 Å². The number of carbonyl (C=O) groups is 2. The van der Waals surface area contributed by atoms with Crippen LogP contribution in [0.3, 0.4) is 0 Å². The van der Waals surface area contributed by atoms with E-state index in [-0.39, 0.29) is 18.4 Å². The molecule has 0 saturated carbocycles. The van der Waals surface area contributed by atoms with Crippen LogP contribution in [0.2, 0.25) is 0 Å². The molecule has 1 aliphatic rings. The second-order valence-electron chi connectivity index (χ2n) is 3.91. The monoisotopic (exact) mass is 252 g/mol. The fraction of sp³-hybridized carbons (Fsp3) is 0.333. The first-order valence-electron chi connectivity index (χ1n) is 5.41. The fourth-order valence-electron chi connectivity index (χ4n) is 1.73. The maximum absolute atomic E-state index is 12.1. The second kappa shape index (κ2) is 5.19. The highest BCUT2D eigenvalue weighted by molar-refractivity contribution is 6.17. The molecule has 5 heteroatoms. The topological polar surface area (TPSA) is 49.4 Å². The van der Waals surface area contributed by atoms with Gasteiger partial charge in [0.2, 0.25) is 5.91 Å². The first-order chi connectivity index (χ1) is 8.20. The molecule has 90 valence electrons. The molecule has 1 fully saturated rings. The van der Waals surface area contributed by atoms with Gasteiger partial charge in [-0.3, -0.25) is 9.59 Å². The Kier molecular flexibility index (Phi) is 3.64. The van der Waals surface area contributed by atoms with Crippen LogP contribution < -0.4 is 5.32 Å². The number of hydrogen-bond acceptors (Lipinski definition) is 2. The van der Waals surface area contributed by atoms with E-state index in [2.05, 4.69) is 5.32 Å². The van der Waals surface area contributed by atoms with Crippen molar-refractivity contribution in [3.8, 4) is 0 Å². The van der Waals surface area contributed by atoms with Crippen LogP contribution in [0, 0.1) is 0 Å². The molecule has 2 amide bonds. The van der Waals surface area contributed by atoms with Gasteiger partial charge in [0.05, 0.1) is 6.54 Å². The number of rotatable bonds is 2. The molecule has 0 spiro atoms. The van der Waals surface area contributed by atoms with E-state index in [1.54, 1.807) is 17.0 Å². The average Bonchev–Trinajstić information content (AvgIpc) is 2.38. The van der Waals surface area contributed by atoms with Crippen molar-refractivity contribution in [1.29, 1.82) is 0 Å². The van der Waals surface area contributed by atoms with E-state index in [9.17, 15) is 9.59 Å². The third-order valence-electron chi connectivity index (χ3n) is 2.68. The van der Waals surface area contributed by atoms with Crippen LogP contribution >= 0.6 is 11.6 Å². The summed E-state index contributed by atoms with van der Waals surface area (Å²) >= 11 is 5.68. The van der Waals surface area contributed by atoms with Gasteiger partial charge in [0.1, 0.15) is 0 Å². The molecule has 17 heavy (non-hydrogen) atoms. The predicted molar refractivity (Wildman–Crippen MR) is 64.9 cm³/mol. The van der Waals surface area contributed by atoms with Crippen molar-refractivity contribution in [2.45, 2.75) is 5.88 Å². The Hall–Kier alpha value is -1.55. The van der Waals surface area contributed by atoms with Crippen molar-refractivity contribution in [2.24, 2.45) is 0 Å². The normalized spacial score (nSPS) is 15.6. The van der Waals surface area contributed by atoms with Crippen LogP contribution in [0.1, 0.15) is 15.9 Å². The molecule has 0 radical (unpaired) electrons. The first kappa shape index (κ1) is 11.9. The average molecular weight is 253 g/mol. The van der Waals surface area contributed by atoms with Gasteiger partial charge < -0.3 is 10.2 Å². The number of benzene rings is 1. The molecule has 4 nitrogen and oxygen atoms in total. The molecule has 1 heterocycles. The minimum atomic E-state index is -0.110. The fourth-order valence-corrected chi connectivity index (χ4v) is 1.91. The zero-order valence-corrected chi connectivity index (χ0v) is 10.0. The minimum Gasteiger partial charge on any atom is -0.353 e. The quantitative estimate of drug-likeness (QED) is 0.799. The van der Waals surface area contributed by atoms with Gasteiger partial charge in [-0.15, -0.1) is 11.6 Å². The number of nitrogens with one attached hydrogen (secondary N) is 1. The van der Waals surface area contributed by atoms with E-state index in [0.717, 1.165) is 5.56 Å². The summed E-state index contributed by atoms with van der Waals surface area (Å²) in [4.78, 5) is 24.8. The third kappa shape index (κ3) is 2.77. The van der Waals surface area contributed by atoms with Crippen LogP contribution in [-0.4, -0.2) is 36.3 Å². The highest BCUT2D eigenvalue weighted by Gasteiger charge is 2.21. The van der Waals surface area contributed by atoms with Gasteiger partial charge in [-0.1, -0.05) is 12.1 Å². The summed E-state index contributed by atoms with van der Waals surface area (Å²) in [6.45, 7) is 1.21. The lowest BCUT2D eigenvalue weighted by Gasteiger charge is -2.26.